The summed E-state index contributed by atoms with van der Waals surface area (Å²) >= 11 is 0. The third-order valence-electron chi connectivity index (χ3n) is 5.72. The van der Waals surface area contributed by atoms with E-state index in [-0.39, 0.29) is 23.8 Å². The molecule has 5 atom stereocenters. The summed E-state index contributed by atoms with van der Waals surface area (Å²) in [7, 11) is 0. The first kappa shape index (κ1) is 16.4. The summed E-state index contributed by atoms with van der Waals surface area (Å²) in [6, 6.07) is 3.63. The molecule has 25 heavy (non-hydrogen) atoms. The van der Waals surface area contributed by atoms with E-state index in [1.54, 1.807) is 17.2 Å². The van der Waals surface area contributed by atoms with Crippen LogP contribution in [-0.2, 0) is 20.9 Å². The van der Waals surface area contributed by atoms with Gasteiger partial charge in [-0.05, 0) is 43.2 Å². The van der Waals surface area contributed by atoms with Crippen molar-refractivity contribution in [3.63, 3.8) is 0 Å². The lowest BCUT2D eigenvalue weighted by molar-refractivity contribution is -0.152. The number of hydrogen-bond acceptors (Lipinski definition) is 4. The van der Waals surface area contributed by atoms with Gasteiger partial charge in [0, 0.05) is 13.2 Å². The molecule has 1 saturated heterocycles. The van der Waals surface area contributed by atoms with Crippen LogP contribution in [0.2, 0.25) is 0 Å². The predicted octanol–water partition coefficient (Wildman–Crippen LogP) is 2.31. The molecule has 2 fully saturated rings. The molecule has 6 heteroatoms. The smallest absolute Gasteiger partial charge is 0.307 e. The minimum Gasteiger partial charge on any atom is -0.481 e. The Morgan fingerprint density at radius 1 is 1.24 bits per heavy atom. The van der Waals surface area contributed by atoms with Crippen molar-refractivity contribution in [2.75, 3.05) is 13.2 Å². The number of rotatable bonds is 6. The number of carbonyl (C=O) groups excluding carboxylic acids is 1. The van der Waals surface area contributed by atoms with Crippen molar-refractivity contribution in [2.24, 2.45) is 23.7 Å². The number of aliphatic carboxylic acids is 1. The van der Waals surface area contributed by atoms with Gasteiger partial charge in [-0.2, -0.15) is 0 Å². The van der Waals surface area contributed by atoms with Crippen LogP contribution in [0.1, 0.15) is 25.0 Å². The van der Waals surface area contributed by atoms with Crippen molar-refractivity contribution < 1.29 is 23.8 Å². The van der Waals surface area contributed by atoms with Gasteiger partial charge < -0.3 is 19.2 Å². The number of amides is 1. The lowest BCUT2D eigenvalue weighted by Gasteiger charge is -2.31. The molecular weight excluding hydrogens is 322 g/mol. The number of ether oxygens (including phenoxy) is 1. The first-order valence-corrected chi connectivity index (χ1v) is 8.97. The molecule has 1 N–H and O–H groups in total. The fraction of sp³-hybridized carbons (Fsp3) is 0.579. The van der Waals surface area contributed by atoms with Gasteiger partial charge in [-0.25, -0.2) is 0 Å². The van der Waals surface area contributed by atoms with Gasteiger partial charge in [0.1, 0.15) is 5.76 Å². The first-order valence-electron chi connectivity index (χ1n) is 8.97. The summed E-state index contributed by atoms with van der Waals surface area (Å²) in [6.07, 6.45) is 8.29. The standard InChI is InChI=1S/C19H23NO5/c21-18(16-12-5-6-13(9-12)17(16)19(22)23)20(10-14-3-1-7-24-14)11-15-4-2-8-25-15/h1,3,5-7,12-13,15-17H,2,4,8-11H2,(H,22,23)/t12-,13+,15-,16+,17-/m0/s1. The molecular formula is C19H23NO5. The molecule has 3 aliphatic rings. The fourth-order valence-electron chi connectivity index (χ4n) is 4.56. The number of allylic oxidation sites excluding steroid dienone is 2. The summed E-state index contributed by atoms with van der Waals surface area (Å²) in [6.45, 7) is 1.57. The van der Waals surface area contributed by atoms with Gasteiger partial charge >= 0.3 is 5.97 Å². The van der Waals surface area contributed by atoms with Crippen molar-refractivity contribution in [2.45, 2.75) is 31.9 Å². The van der Waals surface area contributed by atoms with E-state index in [4.69, 9.17) is 9.15 Å². The molecule has 6 nitrogen and oxygen atoms in total. The van der Waals surface area contributed by atoms with E-state index in [0.29, 0.717) is 18.8 Å². The zero-order valence-corrected chi connectivity index (χ0v) is 14.0. The molecule has 2 bridgehead atoms. The molecule has 4 rings (SSSR count). The van der Waals surface area contributed by atoms with Crippen molar-refractivity contribution in [3.8, 4) is 0 Å². The second-order valence-electron chi connectivity index (χ2n) is 7.27. The molecule has 1 aromatic heterocycles. The van der Waals surface area contributed by atoms with Gasteiger partial charge in [-0.3, -0.25) is 9.59 Å². The average molecular weight is 345 g/mol. The van der Waals surface area contributed by atoms with Crippen molar-refractivity contribution in [1.29, 1.82) is 0 Å². The summed E-state index contributed by atoms with van der Waals surface area (Å²) in [5, 5.41) is 9.63. The number of furan rings is 1. The first-order chi connectivity index (χ1) is 12.1. The van der Waals surface area contributed by atoms with E-state index in [1.807, 2.05) is 18.2 Å². The van der Waals surface area contributed by atoms with Gasteiger partial charge in [0.05, 0.1) is 30.7 Å². The molecule has 0 aromatic carbocycles. The van der Waals surface area contributed by atoms with E-state index in [0.717, 1.165) is 25.9 Å². The number of fused-ring (bicyclic) bond motifs is 2. The minimum atomic E-state index is -0.870. The van der Waals surface area contributed by atoms with E-state index >= 15 is 0 Å². The van der Waals surface area contributed by atoms with Crippen molar-refractivity contribution in [1.82, 2.24) is 4.90 Å². The van der Waals surface area contributed by atoms with Gasteiger partial charge in [0.2, 0.25) is 5.91 Å². The Hall–Kier alpha value is -2.08. The summed E-state index contributed by atoms with van der Waals surface area (Å²) in [5.74, 6) is -1.35. The highest BCUT2D eigenvalue weighted by Gasteiger charge is 2.52. The topological polar surface area (TPSA) is 80.0 Å². The Morgan fingerprint density at radius 2 is 2.04 bits per heavy atom. The van der Waals surface area contributed by atoms with Crippen LogP contribution >= 0.6 is 0 Å². The largest absolute Gasteiger partial charge is 0.481 e. The maximum atomic E-state index is 13.3. The van der Waals surface area contributed by atoms with Crippen LogP contribution in [0.4, 0.5) is 0 Å². The molecule has 0 radical (unpaired) electrons. The van der Waals surface area contributed by atoms with Crippen LogP contribution in [-0.4, -0.2) is 41.1 Å². The predicted molar refractivity (Wildman–Crippen MR) is 88.5 cm³/mol. The highest BCUT2D eigenvalue weighted by molar-refractivity contribution is 5.87. The molecule has 1 saturated carbocycles. The van der Waals surface area contributed by atoms with E-state index < -0.39 is 17.8 Å². The average Bonchev–Trinajstić information content (AvgIpc) is 3.36. The maximum Gasteiger partial charge on any atom is 0.307 e. The van der Waals surface area contributed by atoms with E-state index in [2.05, 4.69) is 0 Å². The fourth-order valence-corrected chi connectivity index (χ4v) is 4.56. The molecule has 2 aliphatic carbocycles. The lowest BCUT2D eigenvalue weighted by Crippen LogP contribution is -2.45. The van der Waals surface area contributed by atoms with Crippen LogP contribution in [0.3, 0.4) is 0 Å². The number of carboxylic acid groups (broad SMARTS) is 1. The van der Waals surface area contributed by atoms with Crippen LogP contribution in [0.25, 0.3) is 0 Å². The molecule has 2 heterocycles. The summed E-state index contributed by atoms with van der Waals surface area (Å²) in [4.78, 5) is 26.8. The Labute approximate surface area is 146 Å². The van der Waals surface area contributed by atoms with Crippen molar-refractivity contribution in [3.05, 3.63) is 36.3 Å². The Kier molecular flexibility index (Phi) is 4.37. The second-order valence-corrected chi connectivity index (χ2v) is 7.27. The van der Waals surface area contributed by atoms with Gasteiger partial charge in [0.15, 0.2) is 0 Å². The zero-order valence-electron chi connectivity index (χ0n) is 14.0. The number of carboxylic acids is 1. The molecule has 1 aliphatic heterocycles. The normalized spacial score (nSPS) is 33.0. The SMILES string of the molecule is O=C(O)[C@@H]1[C@H](C(=O)N(Cc2ccco2)C[C@@H]2CCCO2)[C@H]2C=C[C@@H]1C2. The third kappa shape index (κ3) is 3.11. The molecule has 134 valence electrons. The molecule has 1 aromatic rings. The molecule has 1 amide bonds. The minimum absolute atomic E-state index is 0.0235. The third-order valence-corrected chi connectivity index (χ3v) is 5.72. The molecule has 0 unspecified atom stereocenters. The van der Waals surface area contributed by atoms with Gasteiger partial charge in [-0.1, -0.05) is 12.2 Å². The number of carbonyl (C=O) groups is 2. The Bertz CT molecular complexity index is 661. The van der Waals surface area contributed by atoms with Crippen LogP contribution in [0, 0.1) is 23.7 Å². The van der Waals surface area contributed by atoms with Crippen molar-refractivity contribution >= 4 is 11.9 Å². The van der Waals surface area contributed by atoms with Gasteiger partial charge in [-0.15, -0.1) is 0 Å². The highest BCUT2D eigenvalue weighted by atomic mass is 16.5. The zero-order chi connectivity index (χ0) is 17.4. The van der Waals surface area contributed by atoms with Crippen LogP contribution in [0.5, 0.6) is 0 Å². The van der Waals surface area contributed by atoms with Crippen LogP contribution < -0.4 is 0 Å². The molecule has 0 spiro atoms. The lowest BCUT2D eigenvalue weighted by atomic mass is 9.82. The van der Waals surface area contributed by atoms with E-state index in [1.165, 1.54) is 0 Å². The monoisotopic (exact) mass is 345 g/mol. The summed E-state index contributed by atoms with van der Waals surface area (Å²) < 4.78 is 11.1. The van der Waals surface area contributed by atoms with E-state index in [9.17, 15) is 14.7 Å². The number of hydrogen-bond donors (Lipinski definition) is 1. The Morgan fingerprint density at radius 3 is 2.68 bits per heavy atom. The summed E-state index contributed by atoms with van der Waals surface area (Å²) in [5.41, 5.74) is 0. The maximum absolute atomic E-state index is 13.3. The second kappa shape index (κ2) is 6.67. The number of nitrogens with zero attached hydrogens (tertiary/aromatic N) is 1. The van der Waals surface area contributed by atoms with Gasteiger partial charge in [0.25, 0.3) is 0 Å². The quantitative estimate of drug-likeness (QED) is 0.800. The Balaban J connectivity index is 1.55. The highest BCUT2D eigenvalue weighted by Crippen LogP contribution is 2.49. The van der Waals surface area contributed by atoms with Crippen LogP contribution in [0.15, 0.2) is 35.0 Å².